The van der Waals surface area contributed by atoms with Crippen LogP contribution in [0.5, 0.6) is 0 Å². The van der Waals surface area contributed by atoms with Gasteiger partial charge in [-0.2, -0.15) is 4.31 Å². The first-order chi connectivity index (χ1) is 15.2. The van der Waals surface area contributed by atoms with Crippen molar-refractivity contribution < 1.29 is 17.9 Å². The fraction of sp³-hybridized carbons (Fsp3) is 0.391. The van der Waals surface area contributed by atoms with Crippen molar-refractivity contribution in [1.82, 2.24) is 13.9 Å². The van der Waals surface area contributed by atoms with Crippen LogP contribution in [0.2, 0.25) is 0 Å². The number of rotatable bonds is 6. The van der Waals surface area contributed by atoms with Gasteiger partial charge < -0.3 is 14.6 Å². The monoisotopic (exact) mass is 456 g/mol. The van der Waals surface area contributed by atoms with Crippen LogP contribution >= 0.6 is 0 Å². The largest absolute Gasteiger partial charge is 0.379 e. The zero-order valence-electron chi connectivity index (χ0n) is 18.6. The average Bonchev–Trinajstić information content (AvgIpc) is 3.07. The van der Waals surface area contributed by atoms with E-state index in [1.165, 1.54) is 4.31 Å². The molecule has 0 spiro atoms. The van der Waals surface area contributed by atoms with Crippen LogP contribution in [0.15, 0.2) is 41.3 Å². The van der Waals surface area contributed by atoms with Crippen LogP contribution < -0.4 is 5.32 Å². The molecule has 1 amide bonds. The standard InChI is InChI=1S/C23H28N4O4S/c1-16-12-17(2)14-18(13-16)24-23(28)7-6-22-25-20-15-19(4-5-21(20)26(22)3)32(29,30)27-8-10-31-11-9-27/h4-5,12-15H,6-11H2,1-3H3,(H,24,28). The Morgan fingerprint density at radius 1 is 1.09 bits per heavy atom. The average molecular weight is 457 g/mol. The molecule has 0 saturated carbocycles. The van der Waals surface area contributed by atoms with Crippen molar-refractivity contribution in [2.75, 3.05) is 31.6 Å². The summed E-state index contributed by atoms with van der Waals surface area (Å²) < 4.78 is 34.5. The molecule has 0 unspecified atom stereocenters. The van der Waals surface area contributed by atoms with Crippen molar-refractivity contribution in [3.63, 3.8) is 0 Å². The van der Waals surface area contributed by atoms with Gasteiger partial charge in [0.25, 0.3) is 0 Å². The van der Waals surface area contributed by atoms with E-state index in [1.807, 2.05) is 37.6 Å². The minimum atomic E-state index is -3.58. The zero-order valence-corrected chi connectivity index (χ0v) is 19.4. The van der Waals surface area contributed by atoms with E-state index in [0.717, 1.165) is 28.2 Å². The Hall–Kier alpha value is -2.75. The molecule has 3 aromatic rings. The molecule has 32 heavy (non-hydrogen) atoms. The third-order valence-corrected chi connectivity index (χ3v) is 7.53. The molecular formula is C23H28N4O4S. The molecule has 8 nitrogen and oxygen atoms in total. The Labute approximate surface area is 188 Å². The number of anilines is 1. The van der Waals surface area contributed by atoms with Gasteiger partial charge in [0.1, 0.15) is 5.82 Å². The molecule has 1 saturated heterocycles. The number of nitrogens with zero attached hydrogens (tertiary/aromatic N) is 3. The molecule has 2 aromatic carbocycles. The highest BCUT2D eigenvalue weighted by atomic mass is 32.2. The lowest BCUT2D eigenvalue weighted by atomic mass is 10.1. The summed E-state index contributed by atoms with van der Waals surface area (Å²) in [6.45, 7) is 5.50. The number of ether oxygens (including phenoxy) is 1. The lowest BCUT2D eigenvalue weighted by Gasteiger charge is -2.26. The van der Waals surface area contributed by atoms with Crippen LogP contribution in [0.1, 0.15) is 23.4 Å². The lowest BCUT2D eigenvalue weighted by molar-refractivity contribution is -0.116. The van der Waals surface area contributed by atoms with E-state index >= 15 is 0 Å². The summed E-state index contributed by atoms with van der Waals surface area (Å²) in [6, 6.07) is 10.9. The second-order valence-corrected chi connectivity index (χ2v) is 10.1. The molecule has 9 heteroatoms. The molecular weight excluding hydrogens is 428 g/mol. The molecule has 170 valence electrons. The van der Waals surface area contributed by atoms with Gasteiger partial charge in [0.2, 0.25) is 15.9 Å². The van der Waals surface area contributed by atoms with E-state index in [-0.39, 0.29) is 17.2 Å². The third kappa shape index (κ3) is 4.69. The molecule has 0 bridgehead atoms. The Kier molecular flexibility index (Phi) is 6.32. The number of carbonyl (C=O) groups excluding carboxylic acids is 1. The summed E-state index contributed by atoms with van der Waals surface area (Å²) in [5.41, 5.74) is 4.41. The predicted octanol–water partition coefficient (Wildman–Crippen LogP) is 2.78. The highest BCUT2D eigenvalue weighted by Gasteiger charge is 2.27. The second-order valence-electron chi connectivity index (χ2n) is 8.18. The summed E-state index contributed by atoms with van der Waals surface area (Å²) >= 11 is 0. The van der Waals surface area contributed by atoms with E-state index in [9.17, 15) is 13.2 Å². The first-order valence-electron chi connectivity index (χ1n) is 10.7. The van der Waals surface area contributed by atoms with Gasteiger partial charge in [0, 0.05) is 38.7 Å². The maximum atomic E-state index is 12.9. The van der Waals surface area contributed by atoms with Crippen molar-refractivity contribution in [3.05, 3.63) is 53.3 Å². The number of aryl methyl sites for hydroxylation is 4. The van der Waals surface area contributed by atoms with Gasteiger partial charge in [0.15, 0.2) is 0 Å². The Morgan fingerprint density at radius 2 is 1.78 bits per heavy atom. The van der Waals surface area contributed by atoms with Crippen LogP contribution in [0, 0.1) is 13.8 Å². The molecule has 1 fully saturated rings. The molecule has 0 aliphatic carbocycles. The lowest BCUT2D eigenvalue weighted by Crippen LogP contribution is -2.40. The number of carbonyl (C=O) groups is 1. The predicted molar refractivity (Wildman–Crippen MR) is 123 cm³/mol. The van der Waals surface area contributed by atoms with Gasteiger partial charge in [-0.25, -0.2) is 13.4 Å². The highest BCUT2D eigenvalue weighted by Crippen LogP contribution is 2.23. The SMILES string of the molecule is Cc1cc(C)cc(NC(=O)CCc2nc3cc(S(=O)(=O)N4CCOCC4)ccc3n2C)c1. The van der Waals surface area contributed by atoms with Gasteiger partial charge >= 0.3 is 0 Å². The number of amides is 1. The first kappa shape index (κ1) is 22.4. The normalized spacial score (nSPS) is 15.2. The maximum absolute atomic E-state index is 12.9. The number of imidazole rings is 1. The van der Waals surface area contributed by atoms with E-state index in [4.69, 9.17) is 4.74 Å². The summed E-state index contributed by atoms with van der Waals surface area (Å²) in [5.74, 6) is 0.647. The number of sulfonamides is 1. The molecule has 4 rings (SSSR count). The summed E-state index contributed by atoms with van der Waals surface area (Å²) in [5, 5.41) is 2.94. The van der Waals surface area contributed by atoms with Gasteiger partial charge in [-0.1, -0.05) is 6.07 Å². The number of morpholine rings is 1. The molecule has 1 N–H and O–H groups in total. The molecule has 2 heterocycles. The second kappa shape index (κ2) is 9.01. The highest BCUT2D eigenvalue weighted by molar-refractivity contribution is 7.89. The number of hydrogen-bond acceptors (Lipinski definition) is 5. The first-order valence-corrected chi connectivity index (χ1v) is 12.1. The van der Waals surface area contributed by atoms with E-state index < -0.39 is 10.0 Å². The topological polar surface area (TPSA) is 93.5 Å². The summed E-state index contributed by atoms with van der Waals surface area (Å²) in [6.07, 6.45) is 0.733. The molecule has 0 radical (unpaired) electrons. The molecule has 1 aromatic heterocycles. The minimum Gasteiger partial charge on any atom is -0.379 e. The molecule has 1 aliphatic heterocycles. The van der Waals surface area contributed by atoms with Crippen LogP contribution in [-0.2, 0) is 33.0 Å². The van der Waals surface area contributed by atoms with Crippen LogP contribution in [0.4, 0.5) is 5.69 Å². The fourth-order valence-electron chi connectivity index (χ4n) is 4.05. The smallest absolute Gasteiger partial charge is 0.243 e. The number of nitrogens with one attached hydrogen (secondary N) is 1. The molecule has 1 aliphatic rings. The van der Waals surface area contributed by atoms with Crippen LogP contribution in [0.25, 0.3) is 11.0 Å². The Bertz CT molecular complexity index is 1240. The van der Waals surface area contributed by atoms with Crippen molar-refractivity contribution in [2.24, 2.45) is 7.05 Å². The van der Waals surface area contributed by atoms with Gasteiger partial charge in [-0.05, 0) is 55.3 Å². The third-order valence-electron chi connectivity index (χ3n) is 5.63. The summed E-state index contributed by atoms with van der Waals surface area (Å²) in [7, 11) is -1.71. The minimum absolute atomic E-state index is 0.0855. The van der Waals surface area contributed by atoms with Crippen molar-refractivity contribution >= 4 is 32.7 Å². The van der Waals surface area contributed by atoms with E-state index in [2.05, 4.69) is 16.4 Å². The Morgan fingerprint density at radius 3 is 2.47 bits per heavy atom. The fourth-order valence-corrected chi connectivity index (χ4v) is 5.47. The number of aromatic nitrogens is 2. The Balaban J connectivity index is 1.49. The number of hydrogen-bond donors (Lipinski definition) is 1. The quantitative estimate of drug-likeness (QED) is 0.616. The van der Waals surface area contributed by atoms with Crippen LogP contribution in [-0.4, -0.2) is 54.5 Å². The zero-order chi connectivity index (χ0) is 22.9. The molecule has 0 atom stereocenters. The number of benzene rings is 2. The van der Waals surface area contributed by atoms with Gasteiger partial charge in [-0.15, -0.1) is 0 Å². The van der Waals surface area contributed by atoms with E-state index in [0.29, 0.717) is 38.2 Å². The van der Waals surface area contributed by atoms with Gasteiger partial charge in [-0.3, -0.25) is 4.79 Å². The summed E-state index contributed by atoms with van der Waals surface area (Å²) in [4.78, 5) is 17.3. The van der Waals surface area contributed by atoms with E-state index in [1.54, 1.807) is 18.2 Å². The van der Waals surface area contributed by atoms with Crippen molar-refractivity contribution in [3.8, 4) is 0 Å². The van der Waals surface area contributed by atoms with Crippen LogP contribution in [0.3, 0.4) is 0 Å². The maximum Gasteiger partial charge on any atom is 0.243 e. The number of fused-ring (bicyclic) bond motifs is 1. The van der Waals surface area contributed by atoms with Crippen molar-refractivity contribution in [1.29, 1.82) is 0 Å². The van der Waals surface area contributed by atoms with Gasteiger partial charge in [0.05, 0.1) is 29.1 Å². The van der Waals surface area contributed by atoms with Crippen molar-refractivity contribution in [2.45, 2.75) is 31.6 Å².